The van der Waals surface area contributed by atoms with Crippen LogP contribution in [-0.2, 0) is 6.61 Å². The summed E-state index contributed by atoms with van der Waals surface area (Å²) >= 11 is 0. The van der Waals surface area contributed by atoms with Crippen LogP contribution in [0.15, 0.2) is 90.0 Å². The summed E-state index contributed by atoms with van der Waals surface area (Å²) in [5.41, 5.74) is 4.01. The smallest absolute Gasteiger partial charge is 0.350 e. The van der Waals surface area contributed by atoms with Crippen molar-refractivity contribution in [2.75, 3.05) is 36.0 Å². The first-order valence-corrected chi connectivity index (χ1v) is 13.2. The van der Waals surface area contributed by atoms with E-state index >= 15 is 0 Å². The fraction of sp³-hybridized carbons (Fsp3) is 0.333. The Kier molecular flexibility index (Phi) is 9.21. The molecule has 0 saturated carbocycles. The van der Waals surface area contributed by atoms with Crippen molar-refractivity contribution in [2.24, 2.45) is 0 Å². The van der Waals surface area contributed by atoms with Crippen molar-refractivity contribution >= 4 is 11.4 Å². The third-order valence-electron chi connectivity index (χ3n) is 6.99. The summed E-state index contributed by atoms with van der Waals surface area (Å²) in [6.45, 7) is 7.99. The lowest BCUT2D eigenvalue weighted by Gasteiger charge is -2.37. The van der Waals surface area contributed by atoms with Gasteiger partial charge in [0.05, 0.1) is 18.3 Å². The molecule has 0 bridgehead atoms. The van der Waals surface area contributed by atoms with Gasteiger partial charge in [-0.2, -0.15) is 5.10 Å². The fourth-order valence-corrected chi connectivity index (χ4v) is 4.67. The van der Waals surface area contributed by atoms with Crippen LogP contribution in [0.5, 0.6) is 5.75 Å². The van der Waals surface area contributed by atoms with Crippen molar-refractivity contribution in [3.63, 3.8) is 0 Å². The van der Waals surface area contributed by atoms with Crippen molar-refractivity contribution in [3.8, 4) is 11.4 Å². The molecule has 5 rings (SSSR count). The lowest BCUT2D eigenvalue weighted by atomic mass is 10.2. The summed E-state index contributed by atoms with van der Waals surface area (Å²) in [5, 5.41) is 22.3. The van der Waals surface area contributed by atoms with Gasteiger partial charge in [-0.3, -0.25) is 0 Å². The van der Waals surface area contributed by atoms with E-state index in [1.807, 2.05) is 54.6 Å². The van der Waals surface area contributed by atoms with E-state index in [9.17, 15) is 9.90 Å². The summed E-state index contributed by atoms with van der Waals surface area (Å²) in [4.78, 5) is 17.4. The second-order valence-corrected chi connectivity index (χ2v) is 9.35. The molecule has 0 aliphatic carbocycles. The molecule has 0 unspecified atom stereocenters. The zero-order valence-corrected chi connectivity index (χ0v) is 22.1. The number of anilines is 2. The Morgan fingerprint density at radius 1 is 0.763 bits per heavy atom. The highest BCUT2D eigenvalue weighted by atomic mass is 16.3. The van der Waals surface area contributed by atoms with E-state index in [1.54, 1.807) is 27.7 Å². The van der Waals surface area contributed by atoms with Crippen molar-refractivity contribution in [2.45, 2.75) is 39.3 Å². The first-order chi connectivity index (χ1) is 18.5. The molecule has 1 aliphatic heterocycles. The number of aliphatic hydroxyl groups is 1. The van der Waals surface area contributed by atoms with Crippen LogP contribution in [0.4, 0.5) is 11.4 Å². The molecule has 1 fully saturated rings. The number of hydrogen-bond donors (Lipinski definition) is 2. The molecule has 8 nitrogen and oxygen atoms in total. The number of nitrogens with zero attached hydrogens (tertiary/aromatic N) is 5. The molecular formula is C30H37N5O3. The summed E-state index contributed by atoms with van der Waals surface area (Å²) in [5.74, 6) is 0.294. The van der Waals surface area contributed by atoms with E-state index in [1.165, 1.54) is 0 Å². The molecule has 1 aliphatic rings. The topological polar surface area (TPSA) is 86.8 Å². The molecule has 3 aromatic carbocycles. The molecule has 0 radical (unpaired) electrons. The molecule has 4 aromatic rings. The third-order valence-corrected chi connectivity index (χ3v) is 6.99. The highest BCUT2D eigenvalue weighted by molar-refractivity contribution is 5.54. The van der Waals surface area contributed by atoms with Crippen LogP contribution in [0.3, 0.4) is 0 Å². The number of hydrogen-bond acceptors (Lipinski definition) is 6. The Morgan fingerprint density at radius 2 is 1.26 bits per heavy atom. The summed E-state index contributed by atoms with van der Waals surface area (Å²) in [7, 11) is 0. The molecule has 8 heteroatoms. The summed E-state index contributed by atoms with van der Waals surface area (Å²) in [6.07, 6.45) is 3.40. The summed E-state index contributed by atoms with van der Waals surface area (Å²) in [6, 6.07) is 25.2. The second kappa shape index (κ2) is 13.0. The number of phenols is 1. The Balaban J connectivity index is 0.000000360. The maximum Gasteiger partial charge on any atom is 0.350 e. The van der Waals surface area contributed by atoms with Gasteiger partial charge in [-0.05, 0) is 66.9 Å². The van der Waals surface area contributed by atoms with Crippen molar-refractivity contribution in [1.82, 2.24) is 14.3 Å². The molecule has 0 atom stereocenters. The number of aliphatic hydroxyl groups excluding tert-OH is 1. The van der Waals surface area contributed by atoms with Gasteiger partial charge in [-0.1, -0.05) is 44.2 Å². The Labute approximate surface area is 224 Å². The second-order valence-electron chi connectivity index (χ2n) is 9.35. The fourth-order valence-electron chi connectivity index (χ4n) is 4.67. The van der Waals surface area contributed by atoms with Crippen molar-refractivity contribution in [1.29, 1.82) is 0 Å². The molecule has 38 heavy (non-hydrogen) atoms. The molecule has 1 saturated heterocycles. The van der Waals surface area contributed by atoms with Gasteiger partial charge in [0.15, 0.2) is 0 Å². The van der Waals surface area contributed by atoms with Crippen LogP contribution in [0, 0.1) is 0 Å². The molecule has 1 aromatic heterocycles. The van der Waals surface area contributed by atoms with Gasteiger partial charge < -0.3 is 20.0 Å². The van der Waals surface area contributed by atoms with E-state index in [0.29, 0.717) is 5.75 Å². The van der Waals surface area contributed by atoms with Gasteiger partial charge in [0.25, 0.3) is 0 Å². The van der Waals surface area contributed by atoms with Gasteiger partial charge in [-0.15, -0.1) is 0 Å². The molecule has 2 N–H and O–H groups in total. The molecule has 200 valence electrons. The molecule has 0 spiro atoms. The summed E-state index contributed by atoms with van der Waals surface area (Å²) < 4.78 is 3.21. The van der Waals surface area contributed by atoms with E-state index in [4.69, 9.17) is 5.11 Å². The minimum atomic E-state index is -0.0843. The standard InChI is InChI=1S/C23H29N5O2.C7H8O/c1-3-18(4-2)28-23(30)27(17-24-28)21-7-5-19(6-8-21)25-13-15-26(16-14-25)20-9-11-22(29)12-10-20;8-6-7-4-2-1-3-5-7/h5-12,17-18,29H,3-4,13-16H2,1-2H3;1-5,8H,6H2. The van der Waals surface area contributed by atoms with E-state index in [0.717, 1.165) is 61.6 Å². The SMILES string of the molecule is CCC(CC)n1ncn(-c2ccc(N3CCN(c4ccc(O)cc4)CC3)cc2)c1=O.OCc1ccccc1. The van der Waals surface area contributed by atoms with Gasteiger partial charge in [0.1, 0.15) is 12.1 Å². The third kappa shape index (κ3) is 6.44. The van der Waals surface area contributed by atoms with Crippen LogP contribution in [0.25, 0.3) is 5.69 Å². The average Bonchev–Trinajstić information content (AvgIpc) is 3.36. The molecular weight excluding hydrogens is 478 g/mol. The van der Waals surface area contributed by atoms with Crippen LogP contribution in [-0.4, -0.2) is 50.7 Å². The minimum absolute atomic E-state index is 0.0843. The van der Waals surface area contributed by atoms with E-state index in [2.05, 4.69) is 40.9 Å². The lowest BCUT2D eigenvalue weighted by Crippen LogP contribution is -2.46. The Hall–Kier alpha value is -4.04. The first-order valence-electron chi connectivity index (χ1n) is 13.2. The van der Waals surface area contributed by atoms with Crippen LogP contribution in [0.1, 0.15) is 38.3 Å². The van der Waals surface area contributed by atoms with Crippen molar-refractivity contribution in [3.05, 3.63) is 101 Å². The van der Waals surface area contributed by atoms with Crippen LogP contribution < -0.4 is 15.5 Å². The van der Waals surface area contributed by atoms with Gasteiger partial charge >= 0.3 is 5.69 Å². The normalized spacial score (nSPS) is 13.4. The number of rotatable bonds is 7. The zero-order valence-electron chi connectivity index (χ0n) is 22.1. The Bertz CT molecular complexity index is 1300. The maximum atomic E-state index is 12.7. The molecule has 2 heterocycles. The number of piperazine rings is 1. The van der Waals surface area contributed by atoms with Crippen LogP contribution >= 0.6 is 0 Å². The largest absolute Gasteiger partial charge is 0.508 e. The Morgan fingerprint density at radius 3 is 1.74 bits per heavy atom. The number of aromatic hydroxyl groups is 1. The number of phenolic OH excluding ortho intramolecular Hbond substituents is 1. The van der Waals surface area contributed by atoms with E-state index < -0.39 is 0 Å². The monoisotopic (exact) mass is 515 g/mol. The predicted molar refractivity (Wildman–Crippen MR) is 152 cm³/mol. The predicted octanol–water partition coefficient (Wildman–Crippen LogP) is 4.61. The van der Waals surface area contributed by atoms with Gasteiger partial charge in [0.2, 0.25) is 0 Å². The zero-order chi connectivity index (χ0) is 26.9. The highest BCUT2D eigenvalue weighted by Gasteiger charge is 2.18. The van der Waals surface area contributed by atoms with Crippen LogP contribution in [0.2, 0.25) is 0 Å². The number of aromatic nitrogens is 3. The van der Waals surface area contributed by atoms with Crippen molar-refractivity contribution < 1.29 is 10.2 Å². The van der Waals surface area contributed by atoms with Gasteiger partial charge in [0, 0.05) is 37.6 Å². The lowest BCUT2D eigenvalue weighted by molar-refractivity contribution is 0.282. The maximum absolute atomic E-state index is 12.7. The van der Waals surface area contributed by atoms with E-state index in [-0.39, 0.29) is 18.3 Å². The number of benzene rings is 3. The molecule has 0 amide bonds. The average molecular weight is 516 g/mol. The quantitative estimate of drug-likeness (QED) is 0.374. The van der Waals surface area contributed by atoms with Gasteiger partial charge in [-0.25, -0.2) is 14.0 Å². The first kappa shape index (κ1) is 27.0. The minimum Gasteiger partial charge on any atom is -0.508 e. The highest BCUT2D eigenvalue weighted by Crippen LogP contribution is 2.23.